The van der Waals surface area contributed by atoms with E-state index in [4.69, 9.17) is 21.4 Å². The molecule has 0 bridgehead atoms. The third kappa shape index (κ3) is 3.55. The van der Waals surface area contributed by atoms with Gasteiger partial charge in [0.2, 0.25) is 0 Å². The van der Waals surface area contributed by atoms with Crippen LogP contribution in [0, 0.1) is 0 Å². The van der Waals surface area contributed by atoms with Crippen LogP contribution in [-0.4, -0.2) is 30.4 Å². The number of amides is 2. The minimum Gasteiger partial charge on any atom is -0.492 e. The lowest BCUT2D eigenvalue weighted by Gasteiger charge is -2.27. The molecule has 20 heavy (non-hydrogen) atoms. The molecule has 3 N–H and O–H groups in total. The first kappa shape index (κ1) is 14.9. The number of hydrogen-bond donors (Lipinski definition) is 3. The van der Waals surface area contributed by atoms with E-state index in [2.05, 4.69) is 10.6 Å². The maximum Gasteiger partial charge on any atom is 0.315 e. The number of ether oxygens (including phenoxy) is 1. The lowest BCUT2D eigenvalue weighted by molar-refractivity contribution is 0.217. The van der Waals surface area contributed by atoms with Crippen molar-refractivity contribution in [2.45, 2.75) is 31.8 Å². The van der Waals surface area contributed by atoms with Gasteiger partial charge in [0, 0.05) is 24.6 Å². The summed E-state index contributed by atoms with van der Waals surface area (Å²) in [6.45, 7) is 2.43. The highest BCUT2D eigenvalue weighted by Crippen LogP contribution is 2.37. The molecular weight excluding hydrogens is 280 g/mol. The van der Waals surface area contributed by atoms with Crippen LogP contribution in [0.1, 0.15) is 31.4 Å². The summed E-state index contributed by atoms with van der Waals surface area (Å²) < 4.78 is 5.55. The molecule has 0 fully saturated rings. The fourth-order valence-corrected chi connectivity index (χ4v) is 2.46. The molecule has 0 aliphatic carbocycles. The number of halogens is 1. The highest BCUT2D eigenvalue weighted by Gasteiger charge is 2.24. The minimum atomic E-state index is -0.247. The Morgan fingerprint density at radius 2 is 2.40 bits per heavy atom. The predicted molar refractivity (Wildman–Crippen MR) is 77.1 cm³/mol. The Morgan fingerprint density at radius 3 is 3.15 bits per heavy atom. The Morgan fingerprint density at radius 1 is 1.60 bits per heavy atom. The number of benzene rings is 1. The van der Waals surface area contributed by atoms with E-state index in [1.54, 1.807) is 6.07 Å². The molecule has 2 rings (SSSR count). The fourth-order valence-electron chi connectivity index (χ4n) is 2.23. The molecule has 110 valence electrons. The predicted octanol–water partition coefficient (Wildman–Crippen LogP) is 2.23. The number of hydrogen-bond acceptors (Lipinski definition) is 3. The second-order valence-electron chi connectivity index (χ2n) is 4.88. The van der Waals surface area contributed by atoms with E-state index in [1.807, 2.05) is 19.1 Å². The Kier molecular flexibility index (Phi) is 5.09. The summed E-state index contributed by atoms with van der Waals surface area (Å²) in [5, 5.41) is 15.1. The second-order valence-corrected chi connectivity index (χ2v) is 5.29. The van der Waals surface area contributed by atoms with Gasteiger partial charge in [0.25, 0.3) is 0 Å². The topological polar surface area (TPSA) is 70.6 Å². The summed E-state index contributed by atoms with van der Waals surface area (Å²) in [4.78, 5) is 11.9. The van der Waals surface area contributed by atoms with Crippen LogP contribution in [0.5, 0.6) is 5.75 Å². The molecule has 5 nitrogen and oxygen atoms in total. The van der Waals surface area contributed by atoms with Gasteiger partial charge in [0.1, 0.15) is 5.75 Å². The van der Waals surface area contributed by atoms with Crippen LogP contribution in [0.2, 0.25) is 5.02 Å². The minimum absolute atomic E-state index is 0.0527. The first-order chi connectivity index (χ1) is 9.61. The van der Waals surface area contributed by atoms with E-state index in [-0.39, 0.29) is 24.7 Å². The highest BCUT2D eigenvalue weighted by molar-refractivity contribution is 6.32. The highest BCUT2D eigenvalue weighted by atomic mass is 35.5. The Bertz CT molecular complexity index is 481. The maximum absolute atomic E-state index is 11.9. The molecule has 1 aliphatic rings. The van der Waals surface area contributed by atoms with E-state index in [0.29, 0.717) is 30.2 Å². The second kappa shape index (κ2) is 6.81. The summed E-state index contributed by atoms with van der Waals surface area (Å²) >= 11 is 6.09. The number of rotatable bonds is 4. The fraction of sp³-hybridized carbons (Fsp3) is 0.500. The van der Waals surface area contributed by atoms with Gasteiger partial charge in [-0.25, -0.2) is 4.79 Å². The van der Waals surface area contributed by atoms with Gasteiger partial charge in [-0.15, -0.1) is 0 Å². The number of nitrogens with one attached hydrogen (secondary N) is 2. The summed E-state index contributed by atoms with van der Waals surface area (Å²) in [6.07, 6.45) is 1.23. The lowest BCUT2D eigenvalue weighted by atomic mass is 10.0. The largest absolute Gasteiger partial charge is 0.492 e. The molecule has 0 spiro atoms. The van der Waals surface area contributed by atoms with E-state index >= 15 is 0 Å². The smallest absolute Gasteiger partial charge is 0.315 e. The molecule has 1 unspecified atom stereocenters. The van der Waals surface area contributed by atoms with Crippen molar-refractivity contribution in [3.8, 4) is 5.75 Å². The maximum atomic E-state index is 11.9. The number of para-hydroxylation sites is 1. The van der Waals surface area contributed by atoms with Crippen LogP contribution in [0.25, 0.3) is 0 Å². The third-order valence-electron chi connectivity index (χ3n) is 3.27. The Labute approximate surface area is 123 Å². The molecule has 2 amide bonds. The summed E-state index contributed by atoms with van der Waals surface area (Å²) in [5.74, 6) is 0.647. The normalized spacial score (nSPS) is 18.6. The zero-order valence-electron chi connectivity index (χ0n) is 11.4. The lowest BCUT2D eigenvalue weighted by Crippen LogP contribution is -2.43. The van der Waals surface area contributed by atoms with Crippen LogP contribution in [0.3, 0.4) is 0 Å². The van der Waals surface area contributed by atoms with Gasteiger partial charge in [0.05, 0.1) is 17.7 Å². The van der Waals surface area contributed by atoms with Gasteiger partial charge in [0.15, 0.2) is 0 Å². The van der Waals surface area contributed by atoms with Gasteiger partial charge in [-0.05, 0) is 19.4 Å². The zero-order chi connectivity index (χ0) is 14.5. The number of carbonyl (C=O) groups excluding carboxylic acids is 1. The molecule has 6 heteroatoms. The molecule has 1 aromatic rings. The quantitative estimate of drug-likeness (QED) is 0.798. The van der Waals surface area contributed by atoms with Crippen LogP contribution in [-0.2, 0) is 0 Å². The number of aliphatic hydroxyl groups excluding tert-OH is 1. The van der Waals surface area contributed by atoms with Crippen LogP contribution in [0.4, 0.5) is 4.79 Å². The van der Waals surface area contributed by atoms with Gasteiger partial charge >= 0.3 is 6.03 Å². The van der Waals surface area contributed by atoms with Gasteiger partial charge in [-0.1, -0.05) is 23.7 Å². The van der Waals surface area contributed by atoms with Crippen LogP contribution < -0.4 is 15.4 Å². The molecule has 2 atom stereocenters. The standard InChI is InChI=1S/C14H19ClN2O3/c1-9(5-7-18)16-14(19)17-12-6-8-20-13-10(12)3-2-4-11(13)15/h2-4,9,12,18H,5-8H2,1H3,(H2,16,17,19)/t9-,12?/m1/s1. The number of urea groups is 1. The van der Waals surface area contributed by atoms with Crippen LogP contribution >= 0.6 is 11.6 Å². The van der Waals surface area contributed by atoms with Crippen molar-refractivity contribution in [3.63, 3.8) is 0 Å². The summed E-state index contributed by atoms with van der Waals surface area (Å²) in [5.41, 5.74) is 0.897. The third-order valence-corrected chi connectivity index (χ3v) is 3.57. The van der Waals surface area contributed by atoms with Crippen LogP contribution in [0.15, 0.2) is 18.2 Å². The molecule has 0 radical (unpaired) electrons. The number of carbonyl (C=O) groups is 1. The molecule has 0 saturated heterocycles. The molecular formula is C14H19ClN2O3. The Hall–Kier alpha value is -1.46. The SMILES string of the molecule is C[C@H](CCO)NC(=O)NC1CCOc2c(Cl)cccc21. The number of aliphatic hydroxyl groups is 1. The van der Waals surface area contributed by atoms with Gasteiger partial charge in [-0.3, -0.25) is 0 Å². The van der Waals surface area contributed by atoms with Crippen molar-refractivity contribution in [3.05, 3.63) is 28.8 Å². The average molecular weight is 299 g/mol. The van der Waals surface area contributed by atoms with E-state index in [1.165, 1.54) is 0 Å². The van der Waals surface area contributed by atoms with Crippen molar-refractivity contribution < 1.29 is 14.6 Å². The van der Waals surface area contributed by atoms with Crippen molar-refractivity contribution in [2.75, 3.05) is 13.2 Å². The van der Waals surface area contributed by atoms with Gasteiger partial charge in [-0.2, -0.15) is 0 Å². The summed E-state index contributed by atoms with van der Waals surface area (Å²) in [7, 11) is 0. The van der Waals surface area contributed by atoms with E-state index in [0.717, 1.165) is 5.56 Å². The first-order valence-corrected chi connectivity index (χ1v) is 7.08. The molecule has 1 aromatic carbocycles. The molecule has 0 aromatic heterocycles. The molecule has 1 aliphatic heterocycles. The Balaban J connectivity index is 2.01. The van der Waals surface area contributed by atoms with Crippen molar-refractivity contribution >= 4 is 17.6 Å². The molecule has 0 saturated carbocycles. The first-order valence-electron chi connectivity index (χ1n) is 6.71. The average Bonchev–Trinajstić information content (AvgIpc) is 2.40. The van der Waals surface area contributed by atoms with Crippen molar-refractivity contribution in [1.29, 1.82) is 0 Å². The number of fused-ring (bicyclic) bond motifs is 1. The van der Waals surface area contributed by atoms with Gasteiger partial charge < -0.3 is 20.5 Å². The monoisotopic (exact) mass is 298 g/mol. The van der Waals surface area contributed by atoms with E-state index < -0.39 is 0 Å². The summed E-state index contributed by atoms with van der Waals surface area (Å²) in [6, 6.07) is 5.09. The molecule has 1 heterocycles. The van der Waals surface area contributed by atoms with Crippen molar-refractivity contribution in [2.24, 2.45) is 0 Å². The van der Waals surface area contributed by atoms with E-state index in [9.17, 15) is 4.79 Å². The zero-order valence-corrected chi connectivity index (χ0v) is 12.1. The van der Waals surface area contributed by atoms with Crippen molar-refractivity contribution in [1.82, 2.24) is 10.6 Å².